The zero-order valence-corrected chi connectivity index (χ0v) is 13.8. The van der Waals surface area contributed by atoms with Crippen LogP contribution in [0, 0.1) is 24.4 Å². The zero-order valence-electron chi connectivity index (χ0n) is 13.8. The van der Waals surface area contributed by atoms with E-state index in [0.29, 0.717) is 11.3 Å². The monoisotopic (exact) mass is 364 g/mol. The van der Waals surface area contributed by atoms with E-state index in [-0.39, 0.29) is 30.9 Å². The number of hydrogen-bond acceptors (Lipinski definition) is 3. The Morgan fingerprint density at radius 2 is 2.08 bits per heavy atom. The van der Waals surface area contributed by atoms with Gasteiger partial charge in [0.1, 0.15) is 12.4 Å². The van der Waals surface area contributed by atoms with Crippen LogP contribution in [0.15, 0.2) is 24.4 Å². The molecule has 1 aliphatic rings. The van der Waals surface area contributed by atoms with Crippen molar-refractivity contribution in [1.82, 2.24) is 15.2 Å². The van der Waals surface area contributed by atoms with Crippen LogP contribution in [0.2, 0.25) is 0 Å². The van der Waals surface area contributed by atoms with E-state index < -0.39 is 29.4 Å². The van der Waals surface area contributed by atoms with E-state index in [2.05, 4.69) is 15.6 Å². The highest BCUT2D eigenvalue weighted by Crippen LogP contribution is 2.27. The Morgan fingerprint density at radius 1 is 1.31 bits per heavy atom. The molecule has 0 saturated heterocycles. The van der Waals surface area contributed by atoms with E-state index in [1.807, 2.05) is 0 Å². The number of carbonyl (C=O) groups excluding carboxylic acids is 2. The van der Waals surface area contributed by atoms with Crippen LogP contribution in [0.25, 0.3) is 0 Å². The number of rotatable bonds is 4. The first-order chi connectivity index (χ1) is 12.3. The Morgan fingerprint density at radius 3 is 2.81 bits per heavy atom. The van der Waals surface area contributed by atoms with Crippen molar-refractivity contribution >= 4 is 17.6 Å². The molecule has 0 unspecified atom stereocenters. The summed E-state index contributed by atoms with van der Waals surface area (Å²) in [6.07, 6.45) is 1.06. The van der Waals surface area contributed by atoms with Gasteiger partial charge < -0.3 is 15.5 Å². The first kappa shape index (κ1) is 17.7. The number of carbonyl (C=O) groups is 2. The van der Waals surface area contributed by atoms with Crippen molar-refractivity contribution in [3.05, 3.63) is 58.7 Å². The van der Waals surface area contributed by atoms with Crippen molar-refractivity contribution in [2.24, 2.45) is 0 Å². The van der Waals surface area contributed by atoms with Crippen LogP contribution in [-0.2, 0) is 17.9 Å². The molecule has 0 atom stereocenters. The molecular formula is C17H15F3N4O2. The number of fused-ring (bicyclic) bond motifs is 1. The maximum absolute atomic E-state index is 13.9. The van der Waals surface area contributed by atoms with Crippen LogP contribution in [0.4, 0.5) is 23.7 Å². The minimum Gasteiger partial charge on any atom is -0.349 e. The number of urea groups is 1. The molecule has 2 heterocycles. The largest absolute Gasteiger partial charge is 0.349 e. The Labute approximate surface area is 147 Å². The number of nitrogens with zero attached hydrogens (tertiary/aromatic N) is 2. The van der Waals surface area contributed by atoms with Gasteiger partial charge in [0.2, 0.25) is 5.91 Å². The number of aryl methyl sites for hydroxylation is 1. The van der Waals surface area contributed by atoms with Crippen molar-refractivity contribution in [2.45, 2.75) is 20.0 Å². The van der Waals surface area contributed by atoms with E-state index in [1.54, 1.807) is 6.92 Å². The smallest absolute Gasteiger partial charge is 0.322 e. The van der Waals surface area contributed by atoms with Crippen LogP contribution >= 0.6 is 0 Å². The highest BCUT2D eigenvalue weighted by Gasteiger charge is 2.27. The molecule has 2 N–H and O–H groups in total. The molecule has 136 valence electrons. The van der Waals surface area contributed by atoms with Gasteiger partial charge in [0.15, 0.2) is 11.6 Å². The molecule has 0 fully saturated rings. The molecule has 26 heavy (non-hydrogen) atoms. The van der Waals surface area contributed by atoms with Gasteiger partial charge in [0, 0.05) is 5.56 Å². The third kappa shape index (κ3) is 3.61. The fourth-order valence-corrected chi connectivity index (χ4v) is 2.56. The molecule has 0 bridgehead atoms. The SMILES string of the molecule is Cc1cc(CNC(=O)CN2Cc3c(ccc(F)c3F)NC2=O)ncc1F. The number of aromatic nitrogens is 1. The van der Waals surface area contributed by atoms with E-state index in [9.17, 15) is 22.8 Å². The van der Waals surface area contributed by atoms with Crippen LogP contribution in [0.3, 0.4) is 0 Å². The van der Waals surface area contributed by atoms with Gasteiger partial charge in [-0.15, -0.1) is 0 Å². The standard InChI is InChI=1S/C17H15F3N4O2/c1-9-4-10(21-6-13(9)19)5-22-15(25)8-24-7-11-14(23-17(24)26)3-2-12(18)16(11)20/h2-4,6H,5,7-8H2,1H3,(H,22,25)(H,23,26). The second-order valence-corrected chi connectivity index (χ2v) is 5.88. The first-order valence-electron chi connectivity index (χ1n) is 7.75. The maximum Gasteiger partial charge on any atom is 0.322 e. The van der Waals surface area contributed by atoms with Gasteiger partial charge in [-0.3, -0.25) is 9.78 Å². The summed E-state index contributed by atoms with van der Waals surface area (Å²) in [5.41, 5.74) is 1.01. The van der Waals surface area contributed by atoms with Gasteiger partial charge in [-0.2, -0.15) is 0 Å². The lowest BCUT2D eigenvalue weighted by Gasteiger charge is -2.29. The summed E-state index contributed by atoms with van der Waals surface area (Å²) in [5.74, 6) is -3.04. The van der Waals surface area contributed by atoms with Gasteiger partial charge in [-0.25, -0.2) is 18.0 Å². The van der Waals surface area contributed by atoms with Crippen molar-refractivity contribution in [1.29, 1.82) is 0 Å². The Kier molecular flexibility index (Phi) is 4.79. The molecule has 0 spiro atoms. The van der Waals surface area contributed by atoms with Crippen LogP contribution in [0.5, 0.6) is 0 Å². The molecule has 1 aliphatic heterocycles. The molecule has 1 aromatic carbocycles. The van der Waals surface area contributed by atoms with E-state index in [4.69, 9.17) is 0 Å². The van der Waals surface area contributed by atoms with Crippen LogP contribution in [-0.4, -0.2) is 28.4 Å². The molecule has 0 saturated carbocycles. The number of halogens is 3. The quantitative estimate of drug-likeness (QED) is 0.875. The molecule has 6 nitrogen and oxygen atoms in total. The number of benzene rings is 1. The van der Waals surface area contributed by atoms with Gasteiger partial charge in [0.25, 0.3) is 0 Å². The van der Waals surface area contributed by atoms with E-state index in [0.717, 1.165) is 17.2 Å². The van der Waals surface area contributed by atoms with Crippen LogP contribution in [0.1, 0.15) is 16.8 Å². The summed E-state index contributed by atoms with van der Waals surface area (Å²) in [4.78, 5) is 29.0. The summed E-state index contributed by atoms with van der Waals surface area (Å²) in [6.45, 7) is 1.05. The molecule has 9 heteroatoms. The highest BCUT2D eigenvalue weighted by atomic mass is 19.2. The molecule has 2 aromatic rings. The second kappa shape index (κ2) is 7.03. The van der Waals surface area contributed by atoms with Gasteiger partial charge >= 0.3 is 6.03 Å². The lowest BCUT2D eigenvalue weighted by Crippen LogP contribution is -2.45. The number of pyridine rings is 1. The Balaban J connectivity index is 1.63. The van der Waals surface area contributed by atoms with Crippen molar-refractivity contribution < 1.29 is 22.8 Å². The number of hydrogen-bond donors (Lipinski definition) is 2. The molecule has 0 aliphatic carbocycles. The fraction of sp³-hybridized carbons (Fsp3) is 0.235. The number of amides is 3. The van der Waals surface area contributed by atoms with Gasteiger partial charge in [0.05, 0.1) is 30.7 Å². The third-order valence-corrected chi connectivity index (χ3v) is 3.98. The molecule has 3 amide bonds. The average molecular weight is 364 g/mol. The van der Waals surface area contributed by atoms with E-state index >= 15 is 0 Å². The van der Waals surface area contributed by atoms with Crippen molar-refractivity contribution in [3.63, 3.8) is 0 Å². The summed E-state index contributed by atoms with van der Waals surface area (Å²) in [6, 6.07) is 3.10. The summed E-state index contributed by atoms with van der Waals surface area (Å²) in [5, 5.41) is 4.97. The van der Waals surface area contributed by atoms with Crippen molar-refractivity contribution in [3.8, 4) is 0 Å². The third-order valence-electron chi connectivity index (χ3n) is 3.98. The first-order valence-corrected chi connectivity index (χ1v) is 7.75. The summed E-state index contributed by atoms with van der Waals surface area (Å²) in [7, 11) is 0. The summed E-state index contributed by atoms with van der Waals surface area (Å²) < 4.78 is 40.4. The van der Waals surface area contributed by atoms with Gasteiger partial charge in [-0.05, 0) is 30.7 Å². The normalized spacial score (nSPS) is 13.2. The summed E-state index contributed by atoms with van der Waals surface area (Å²) >= 11 is 0. The number of nitrogens with one attached hydrogen (secondary N) is 2. The van der Waals surface area contributed by atoms with Crippen molar-refractivity contribution in [2.75, 3.05) is 11.9 Å². The lowest BCUT2D eigenvalue weighted by atomic mass is 10.1. The predicted octanol–water partition coefficient (Wildman–Crippen LogP) is 2.47. The maximum atomic E-state index is 13.9. The fourth-order valence-electron chi connectivity index (χ4n) is 2.56. The van der Waals surface area contributed by atoms with Gasteiger partial charge in [-0.1, -0.05) is 0 Å². The zero-order chi connectivity index (χ0) is 18.8. The lowest BCUT2D eigenvalue weighted by molar-refractivity contribution is -0.121. The Hall–Kier alpha value is -3.10. The minimum absolute atomic E-state index is 0.0202. The molecule has 3 rings (SSSR count). The molecule has 1 aromatic heterocycles. The predicted molar refractivity (Wildman–Crippen MR) is 86.6 cm³/mol. The van der Waals surface area contributed by atoms with Crippen LogP contribution < -0.4 is 10.6 Å². The Bertz CT molecular complexity index is 889. The second-order valence-electron chi connectivity index (χ2n) is 5.88. The number of anilines is 1. The highest BCUT2D eigenvalue weighted by molar-refractivity contribution is 5.94. The topological polar surface area (TPSA) is 74.3 Å². The molecule has 0 radical (unpaired) electrons. The average Bonchev–Trinajstić information content (AvgIpc) is 2.61. The van der Waals surface area contributed by atoms with E-state index in [1.165, 1.54) is 12.1 Å². The molecular weight excluding hydrogens is 349 g/mol. The minimum atomic E-state index is -1.06.